The van der Waals surface area contributed by atoms with E-state index in [2.05, 4.69) is 10.5 Å². The summed E-state index contributed by atoms with van der Waals surface area (Å²) in [6.45, 7) is 0. The highest BCUT2D eigenvalue weighted by atomic mass is 35.5. The normalized spacial score (nSPS) is 29.0. The van der Waals surface area contributed by atoms with E-state index in [-0.39, 0.29) is 29.8 Å². The van der Waals surface area contributed by atoms with Crippen LogP contribution in [0.1, 0.15) is 67.1 Å². The average molecular weight is 402 g/mol. The number of carbonyl (C=O) groups is 1. The van der Waals surface area contributed by atoms with Gasteiger partial charge in [0.2, 0.25) is 10.0 Å². The fourth-order valence-electron chi connectivity index (χ4n) is 4.26. The van der Waals surface area contributed by atoms with Crippen LogP contribution in [0.2, 0.25) is 0 Å². The molecule has 4 rings (SSSR count). The first-order chi connectivity index (χ1) is 12.5. The van der Waals surface area contributed by atoms with E-state index in [0.29, 0.717) is 36.8 Å². The van der Waals surface area contributed by atoms with E-state index in [1.165, 1.54) is 0 Å². The third kappa shape index (κ3) is 3.64. The minimum absolute atomic E-state index is 0.0273. The quantitative estimate of drug-likeness (QED) is 0.707. The van der Waals surface area contributed by atoms with Crippen molar-refractivity contribution in [3.05, 3.63) is 17.5 Å². The van der Waals surface area contributed by atoms with Crippen LogP contribution in [0.5, 0.6) is 0 Å². The predicted octanol–water partition coefficient (Wildman–Crippen LogP) is 2.24. The van der Waals surface area contributed by atoms with Crippen molar-refractivity contribution in [1.82, 2.24) is 14.8 Å². The summed E-state index contributed by atoms with van der Waals surface area (Å²) in [4.78, 5) is 12.4. The number of carbonyl (C=O) groups excluding carboxylic acids is 1. The average Bonchev–Trinajstić information content (AvgIpc) is 3.26. The lowest BCUT2D eigenvalue weighted by Gasteiger charge is -2.38. The van der Waals surface area contributed by atoms with Crippen LogP contribution in [0.4, 0.5) is 0 Å². The molecule has 0 radical (unpaired) electrons. The van der Waals surface area contributed by atoms with Gasteiger partial charge in [0.15, 0.2) is 5.69 Å². The smallest absolute Gasteiger partial charge is 0.273 e. The van der Waals surface area contributed by atoms with Crippen LogP contribution in [0, 0.1) is 0 Å². The third-order valence-electron chi connectivity index (χ3n) is 5.60. The fraction of sp³-hybridized carbons (Fsp3) is 0.765. The van der Waals surface area contributed by atoms with Gasteiger partial charge in [-0.25, -0.2) is 8.42 Å². The minimum Gasteiger partial charge on any atom is -0.360 e. The molecule has 144 valence electrons. The molecule has 26 heavy (non-hydrogen) atoms. The molecule has 3 heterocycles. The number of nitrogens with zero attached hydrogens (tertiary/aromatic N) is 2. The maximum Gasteiger partial charge on any atom is 0.273 e. The summed E-state index contributed by atoms with van der Waals surface area (Å²) in [5.41, 5.74) is 0.316. The number of hydrogen-bond acceptors (Lipinski definition) is 5. The van der Waals surface area contributed by atoms with Crippen LogP contribution in [0.25, 0.3) is 0 Å². The highest BCUT2D eigenvalue weighted by molar-refractivity contribution is 7.89. The Balaban J connectivity index is 1.38. The maximum absolute atomic E-state index is 12.6. The summed E-state index contributed by atoms with van der Waals surface area (Å²) in [6, 6.07) is 1.64. The lowest BCUT2D eigenvalue weighted by atomic mass is 9.99. The highest BCUT2D eigenvalue weighted by Gasteiger charge is 2.46. The van der Waals surface area contributed by atoms with Gasteiger partial charge >= 0.3 is 0 Å². The van der Waals surface area contributed by atoms with Gasteiger partial charge in [0, 0.05) is 36.0 Å². The zero-order valence-electron chi connectivity index (χ0n) is 14.6. The van der Waals surface area contributed by atoms with Crippen molar-refractivity contribution >= 4 is 27.5 Å². The number of hydrogen-bond donors (Lipinski definition) is 1. The van der Waals surface area contributed by atoms with E-state index in [4.69, 9.17) is 16.1 Å². The molecular formula is C17H24ClN3O4S. The van der Waals surface area contributed by atoms with Crippen LogP contribution in [0.15, 0.2) is 10.6 Å². The van der Waals surface area contributed by atoms with Crippen molar-refractivity contribution in [1.29, 1.82) is 0 Å². The van der Waals surface area contributed by atoms with Crippen molar-refractivity contribution < 1.29 is 17.7 Å². The Morgan fingerprint density at radius 3 is 2.58 bits per heavy atom. The maximum atomic E-state index is 12.6. The number of alkyl halides is 1. The van der Waals surface area contributed by atoms with Crippen LogP contribution >= 0.6 is 11.6 Å². The summed E-state index contributed by atoms with van der Waals surface area (Å²) in [5.74, 6) is 1.42. The van der Waals surface area contributed by atoms with E-state index in [1.807, 2.05) is 0 Å². The molecule has 1 saturated carbocycles. The highest BCUT2D eigenvalue weighted by Crippen LogP contribution is 2.40. The Morgan fingerprint density at radius 2 is 1.96 bits per heavy atom. The van der Waals surface area contributed by atoms with E-state index < -0.39 is 10.0 Å². The molecule has 1 amide bonds. The lowest BCUT2D eigenvalue weighted by molar-refractivity contribution is 0.0900. The summed E-state index contributed by atoms with van der Waals surface area (Å²) < 4.78 is 32.1. The van der Waals surface area contributed by atoms with E-state index in [0.717, 1.165) is 31.4 Å². The summed E-state index contributed by atoms with van der Waals surface area (Å²) >= 11 is 5.65. The predicted molar refractivity (Wildman–Crippen MR) is 96.7 cm³/mol. The van der Waals surface area contributed by atoms with Gasteiger partial charge in [-0.15, -0.1) is 11.6 Å². The van der Waals surface area contributed by atoms with Crippen molar-refractivity contribution in [3.8, 4) is 0 Å². The lowest BCUT2D eigenvalue weighted by Crippen LogP contribution is -2.52. The van der Waals surface area contributed by atoms with Gasteiger partial charge in [-0.05, 0) is 44.9 Å². The monoisotopic (exact) mass is 401 g/mol. The standard InChI is InChI=1S/C17H24ClN3O4S/c18-6-1-7-26(23,24)21-13-4-5-14(21)9-12(8-13)19-17(22)15-10-16(25-20-15)11-2-3-11/h10-14H,1-9H2,(H,19,22)/t12?,13-,14+. The van der Waals surface area contributed by atoms with Gasteiger partial charge in [-0.2, -0.15) is 4.31 Å². The number of halogens is 1. The molecule has 2 bridgehead atoms. The number of piperidine rings is 1. The molecular weight excluding hydrogens is 378 g/mol. The number of fused-ring (bicyclic) bond motifs is 2. The number of sulfonamides is 1. The van der Waals surface area contributed by atoms with Gasteiger partial charge < -0.3 is 9.84 Å². The molecule has 0 aromatic carbocycles. The van der Waals surface area contributed by atoms with Crippen LogP contribution in [-0.2, 0) is 10.0 Å². The van der Waals surface area contributed by atoms with Crippen molar-refractivity contribution in [3.63, 3.8) is 0 Å². The first kappa shape index (κ1) is 18.3. The molecule has 1 N–H and O–H groups in total. The van der Waals surface area contributed by atoms with Gasteiger partial charge in [0.25, 0.3) is 5.91 Å². The van der Waals surface area contributed by atoms with E-state index in [1.54, 1.807) is 10.4 Å². The second-order valence-electron chi connectivity index (χ2n) is 7.60. The van der Waals surface area contributed by atoms with Crippen LogP contribution in [0.3, 0.4) is 0 Å². The Bertz CT molecular complexity index is 763. The molecule has 9 heteroatoms. The van der Waals surface area contributed by atoms with Gasteiger partial charge in [0.05, 0.1) is 5.75 Å². The number of amides is 1. The zero-order chi connectivity index (χ0) is 18.3. The van der Waals surface area contributed by atoms with Crippen LogP contribution in [-0.4, -0.2) is 53.5 Å². The first-order valence-corrected chi connectivity index (χ1v) is 11.5. The molecule has 1 aromatic rings. The second kappa shape index (κ2) is 7.13. The van der Waals surface area contributed by atoms with Gasteiger partial charge in [-0.1, -0.05) is 5.16 Å². The molecule has 2 saturated heterocycles. The van der Waals surface area contributed by atoms with E-state index >= 15 is 0 Å². The topological polar surface area (TPSA) is 92.5 Å². The minimum atomic E-state index is -3.28. The molecule has 1 aromatic heterocycles. The molecule has 1 unspecified atom stereocenters. The van der Waals surface area contributed by atoms with Gasteiger partial charge in [0.1, 0.15) is 5.76 Å². The first-order valence-electron chi connectivity index (χ1n) is 9.32. The number of nitrogens with one attached hydrogen (secondary N) is 1. The Labute approximate surface area is 158 Å². The third-order valence-corrected chi connectivity index (χ3v) is 7.91. The van der Waals surface area contributed by atoms with Crippen molar-refractivity contribution in [2.45, 2.75) is 69.0 Å². The second-order valence-corrected chi connectivity index (χ2v) is 9.98. The summed E-state index contributed by atoms with van der Waals surface area (Å²) in [5, 5.41) is 6.90. The van der Waals surface area contributed by atoms with Crippen LogP contribution < -0.4 is 5.32 Å². The SMILES string of the molecule is O=C(NC1C[C@H]2CC[C@@H](C1)N2S(=O)(=O)CCCCl)c1cc(C2CC2)on1. The molecule has 7 nitrogen and oxygen atoms in total. The Kier molecular flexibility index (Phi) is 5.00. The molecule has 0 spiro atoms. The Morgan fingerprint density at radius 1 is 1.27 bits per heavy atom. The zero-order valence-corrected chi connectivity index (χ0v) is 16.1. The van der Waals surface area contributed by atoms with E-state index in [9.17, 15) is 13.2 Å². The molecule has 3 fully saturated rings. The van der Waals surface area contributed by atoms with Crippen molar-refractivity contribution in [2.75, 3.05) is 11.6 Å². The Hall–Kier alpha value is -1.12. The summed E-state index contributed by atoms with van der Waals surface area (Å²) in [7, 11) is -3.28. The molecule has 3 aliphatic rings. The number of rotatable bonds is 7. The van der Waals surface area contributed by atoms with Crippen molar-refractivity contribution in [2.24, 2.45) is 0 Å². The van der Waals surface area contributed by atoms with Gasteiger partial charge in [-0.3, -0.25) is 4.79 Å². The molecule has 3 atom stereocenters. The summed E-state index contributed by atoms with van der Waals surface area (Å²) in [6.07, 6.45) is 5.66. The fourth-order valence-corrected chi connectivity index (χ4v) is 6.57. The molecule has 1 aliphatic carbocycles. The largest absolute Gasteiger partial charge is 0.360 e. The number of aromatic nitrogens is 1. The molecule has 2 aliphatic heterocycles.